The minimum atomic E-state index is -1.47. The van der Waals surface area contributed by atoms with Crippen molar-refractivity contribution in [2.24, 2.45) is 34.5 Å². The molecule has 0 radical (unpaired) electrons. The number of nitrogens with zero attached hydrogens (tertiary/aromatic N) is 1. The Bertz CT molecular complexity index is 829. The van der Waals surface area contributed by atoms with Crippen LogP contribution in [-0.2, 0) is 23.7 Å². The first-order chi connectivity index (χ1) is 16.3. The molecular weight excluding hydrogens is 438 g/mol. The van der Waals surface area contributed by atoms with Crippen molar-refractivity contribution < 1.29 is 33.9 Å². The molecule has 13 atom stereocenters. The molecule has 5 aliphatic carbocycles. The summed E-state index contributed by atoms with van der Waals surface area (Å²) < 4.78 is 30.7. The number of piperidine rings is 1. The van der Waals surface area contributed by atoms with Gasteiger partial charge in [0.25, 0.3) is 0 Å². The lowest BCUT2D eigenvalue weighted by molar-refractivity contribution is -0.320. The molecule has 1 saturated heterocycles. The summed E-state index contributed by atoms with van der Waals surface area (Å²) in [6.07, 6.45) is 2.30. The van der Waals surface area contributed by atoms with Gasteiger partial charge in [0.1, 0.15) is 11.2 Å². The fraction of sp³-hybridized carbons (Fsp3) is 1.00. The van der Waals surface area contributed by atoms with Gasteiger partial charge in [0, 0.05) is 77.1 Å². The number of ether oxygens (including phenoxy) is 5. The van der Waals surface area contributed by atoms with Crippen LogP contribution in [-0.4, -0.2) is 112 Å². The van der Waals surface area contributed by atoms with Gasteiger partial charge in [-0.1, -0.05) is 6.92 Å². The van der Waals surface area contributed by atoms with E-state index in [4.69, 9.17) is 23.7 Å². The van der Waals surface area contributed by atoms with Crippen LogP contribution in [0, 0.1) is 34.5 Å². The van der Waals surface area contributed by atoms with E-state index in [1.807, 2.05) is 7.11 Å². The first kappa shape index (κ1) is 24.0. The minimum absolute atomic E-state index is 0.0262. The summed E-state index contributed by atoms with van der Waals surface area (Å²) in [6, 6.07) is -0.256. The number of likely N-dealkylation sites (tertiary alicyclic amines) is 1. The molecule has 1 heterocycles. The zero-order valence-corrected chi connectivity index (χ0v) is 21.5. The van der Waals surface area contributed by atoms with Crippen LogP contribution in [0.5, 0.6) is 0 Å². The Morgan fingerprint density at radius 3 is 2.35 bits per heavy atom. The highest BCUT2D eigenvalue weighted by molar-refractivity contribution is 5.41. The van der Waals surface area contributed by atoms with Crippen LogP contribution in [0.25, 0.3) is 0 Å². The maximum atomic E-state index is 13.1. The Morgan fingerprint density at radius 2 is 1.76 bits per heavy atom. The van der Waals surface area contributed by atoms with E-state index < -0.39 is 17.3 Å². The highest BCUT2D eigenvalue weighted by Crippen LogP contribution is 2.80. The van der Waals surface area contributed by atoms with Crippen molar-refractivity contribution >= 4 is 0 Å². The maximum absolute atomic E-state index is 13.1. The molecule has 194 valence electrons. The molecule has 8 nitrogen and oxygen atoms in total. The average molecular weight is 482 g/mol. The summed E-state index contributed by atoms with van der Waals surface area (Å²) in [5.74, 6) is 0.165. The molecule has 0 aromatic carbocycles. The molecule has 1 spiro atoms. The quantitative estimate of drug-likeness (QED) is 0.555. The fourth-order valence-corrected chi connectivity index (χ4v) is 11.3. The molecule has 6 aliphatic rings. The van der Waals surface area contributed by atoms with E-state index in [2.05, 4.69) is 11.8 Å². The van der Waals surface area contributed by atoms with Crippen LogP contribution in [0.1, 0.15) is 32.6 Å². The Hall–Kier alpha value is -0.320. The molecule has 5 saturated carbocycles. The monoisotopic (exact) mass is 481 g/mol. The lowest BCUT2D eigenvalue weighted by atomic mass is 9.42. The molecular formula is C26H43NO7. The second-order valence-electron chi connectivity index (χ2n) is 12.1. The lowest BCUT2D eigenvalue weighted by Gasteiger charge is -2.70. The standard InChI is InChI=1S/C26H43NO7/c1-7-27-12-23(13-30-2)9-8-17(32-4)25-15-10-14-16(31-3)11-24(28,18(15)19(14)33-5)26(29,22(25)27)21(34-6)20(23)25/h14-22,28-29H,7-13H2,1-6H3/t14-,15+,16+,17-,18-,19+,20-,21+,22+,23+,24-,25+,26-/m1/s1. The molecule has 1 aliphatic heterocycles. The van der Waals surface area contributed by atoms with Gasteiger partial charge in [0.2, 0.25) is 0 Å². The van der Waals surface area contributed by atoms with Crippen molar-refractivity contribution in [2.45, 2.75) is 74.3 Å². The van der Waals surface area contributed by atoms with E-state index >= 15 is 0 Å². The van der Waals surface area contributed by atoms with E-state index in [0.29, 0.717) is 13.0 Å². The maximum Gasteiger partial charge on any atom is 0.136 e. The van der Waals surface area contributed by atoms with Crippen LogP contribution in [0.2, 0.25) is 0 Å². The Kier molecular flexibility index (Phi) is 5.38. The van der Waals surface area contributed by atoms with Crippen LogP contribution >= 0.6 is 0 Å². The van der Waals surface area contributed by atoms with Gasteiger partial charge in [-0.2, -0.15) is 0 Å². The summed E-state index contributed by atoms with van der Waals surface area (Å²) in [5.41, 5.74) is -3.38. The molecule has 34 heavy (non-hydrogen) atoms. The molecule has 0 aromatic heterocycles. The SMILES string of the molecule is CCN1C[C@]2(COC)CC[C@@H](OC)[C@@]34[C@@H]2[C@H](OC)[C@@](O)([C@@H]13)[C@@]1(O)C[C@H](OC)[C@H]2C[C@H]4[C@@H]1[C@H]2OC. The van der Waals surface area contributed by atoms with Crippen molar-refractivity contribution in [1.82, 2.24) is 4.90 Å². The third-order valence-electron chi connectivity index (χ3n) is 11.7. The third-order valence-corrected chi connectivity index (χ3v) is 11.7. The number of rotatable bonds is 7. The predicted molar refractivity (Wildman–Crippen MR) is 123 cm³/mol. The number of hydrogen-bond acceptors (Lipinski definition) is 8. The van der Waals surface area contributed by atoms with Crippen molar-refractivity contribution in [3.63, 3.8) is 0 Å². The summed E-state index contributed by atoms with van der Waals surface area (Å²) in [7, 11) is 8.77. The number of fused-ring (bicyclic) bond motifs is 2. The van der Waals surface area contributed by atoms with Gasteiger partial charge in [-0.15, -0.1) is 0 Å². The second kappa shape index (κ2) is 7.60. The highest BCUT2D eigenvalue weighted by Gasteiger charge is 2.91. The van der Waals surface area contributed by atoms with Gasteiger partial charge in [-0.3, -0.25) is 4.90 Å². The van der Waals surface area contributed by atoms with Gasteiger partial charge < -0.3 is 33.9 Å². The molecule has 8 heteroatoms. The molecule has 0 unspecified atom stereocenters. The van der Waals surface area contributed by atoms with Crippen LogP contribution < -0.4 is 0 Å². The van der Waals surface area contributed by atoms with Gasteiger partial charge in [0.15, 0.2) is 0 Å². The van der Waals surface area contributed by atoms with Crippen molar-refractivity contribution in [3.05, 3.63) is 0 Å². The Labute approximate surface area is 203 Å². The molecule has 6 fully saturated rings. The second-order valence-corrected chi connectivity index (χ2v) is 12.1. The summed E-state index contributed by atoms with van der Waals surface area (Å²) in [4.78, 5) is 2.43. The first-order valence-corrected chi connectivity index (χ1v) is 13.1. The van der Waals surface area contributed by atoms with E-state index in [9.17, 15) is 10.2 Å². The van der Waals surface area contributed by atoms with Gasteiger partial charge in [0.05, 0.1) is 37.1 Å². The van der Waals surface area contributed by atoms with Crippen LogP contribution in [0.15, 0.2) is 0 Å². The minimum Gasteiger partial charge on any atom is -0.386 e. The Balaban J connectivity index is 1.67. The van der Waals surface area contributed by atoms with Crippen LogP contribution in [0.3, 0.4) is 0 Å². The van der Waals surface area contributed by atoms with Crippen LogP contribution in [0.4, 0.5) is 0 Å². The summed E-state index contributed by atoms with van der Waals surface area (Å²) >= 11 is 0. The smallest absolute Gasteiger partial charge is 0.136 e. The van der Waals surface area contributed by atoms with E-state index in [1.165, 1.54) is 0 Å². The third kappa shape index (κ3) is 2.27. The van der Waals surface area contributed by atoms with Gasteiger partial charge in [-0.05, 0) is 31.7 Å². The molecule has 0 aromatic rings. The largest absolute Gasteiger partial charge is 0.386 e. The van der Waals surface area contributed by atoms with Crippen molar-refractivity contribution in [1.29, 1.82) is 0 Å². The Morgan fingerprint density at radius 1 is 1.00 bits per heavy atom. The predicted octanol–water partition coefficient (Wildman–Crippen LogP) is 0.925. The van der Waals surface area contributed by atoms with E-state index in [1.54, 1.807) is 28.4 Å². The number of likely N-dealkylation sites (N-methyl/N-ethyl adjacent to an activating group) is 1. The summed E-state index contributed by atoms with van der Waals surface area (Å²) in [5, 5.41) is 25.9. The van der Waals surface area contributed by atoms with Crippen molar-refractivity contribution in [2.75, 3.05) is 55.2 Å². The van der Waals surface area contributed by atoms with E-state index in [0.717, 1.165) is 32.4 Å². The van der Waals surface area contributed by atoms with E-state index in [-0.39, 0.29) is 58.9 Å². The first-order valence-electron chi connectivity index (χ1n) is 13.1. The number of aliphatic hydroxyl groups is 2. The zero-order chi connectivity index (χ0) is 24.3. The highest BCUT2D eigenvalue weighted by atomic mass is 16.5. The average Bonchev–Trinajstić information content (AvgIpc) is 3.25. The zero-order valence-electron chi connectivity index (χ0n) is 21.5. The lowest BCUT2D eigenvalue weighted by Crippen LogP contribution is -2.82. The fourth-order valence-electron chi connectivity index (χ4n) is 11.3. The molecule has 0 amide bonds. The molecule has 6 rings (SSSR count). The topological polar surface area (TPSA) is 89.9 Å². The molecule has 2 N–H and O–H groups in total. The molecule has 7 bridgehead atoms. The van der Waals surface area contributed by atoms with Gasteiger partial charge in [-0.25, -0.2) is 0 Å². The summed E-state index contributed by atoms with van der Waals surface area (Å²) in [6.45, 7) is 4.41. The normalized spacial score (nSPS) is 59.5. The number of methoxy groups -OCH3 is 5. The number of hydrogen-bond donors (Lipinski definition) is 2. The van der Waals surface area contributed by atoms with Crippen molar-refractivity contribution in [3.8, 4) is 0 Å². The van der Waals surface area contributed by atoms with Gasteiger partial charge >= 0.3 is 0 Å².